The minimum Gasteiger partial charge on any atom is -0.497 e. The molecule has 0 fully saturated rings. The molecule has 1 amide bonds. The lowest BCUT2D eigenvalue weighted by Gasteiger charge is -2.12. The molecular weight excluding hydrogens is 346 g/mol. The highest BCUT2D eigenvalue weighted by Gasteiger charge is 2.18. The minimum atomic E-state index is -0.482. The highest BCUT2D eigenvalue weighted by molar-refractivity contribution is 6.34. The van der Waals surface area contributed by atoms with Crippen LogP contribution in [-0.4, -0.2) is 30.3 Å². The molecule has 0 saturated heterocycles. The van der Waals surface area contributed by atoms with Crippen LogP contribution in [0.15, 0.2) is 47.2 Å². The Kier molecular flexibility index (Phi) is 4.85. The monoisotopic (exact) mass is 359 g/mol. The van der Waals surface area contributed by atoms with Crippen LogP contribution in [0.5, 0.6) is 11.5 Å². The predicted octanol–water partition coefficient (Wildman–Crippen LogP) is 3.66. The first kappa shape index (κ1) is 16.8. The highest BCUT2D eigenvalue weighted by atomic mass is 35.5. The first-order valence-corrected chi connectivity index (χ1v) is 7.60. The van der Waals surface area contributed by atoms with Gasteiger partial charge >= 0.3 is 0 Å². The van der Waals surface area contributed by atoms with Crippen molar-refractivity contribution in [2.24, 2.45) is 0 Å². The van der Waals surface area contributed by atoms with Crippen LogP contribution in [-0.2, 0) is 0 Å². The van der Waals surface area contributed by atoms with E-state index < -0.39 is 5.91 Å². The third-order valence-electron chi connectivity index (χ3n) is 3.41. The van der Waals surface area contributed by atoms with Crippen LogP contribution >= 0.6 is 11.6 Å². The van der Waals surface area contributed by atoms with Crippen molar-refractivity contribution in [3.8, 4) is 22.8 Å². The van der Waals surface area contributed by atoms with Crippen LogP contribution in [0.1, 0.15) is 10.5 Å². The number of hydrogen-bond acceptors (Lipinski definition) is 6. The van der Waals surface area contributed by atoms with Crippen molar-refractivity contribution in [2.75, 3.05) is 19.5 Å². The van der Waals surface area contributed by atoms with Crippen LogP contribution in [0.3, 0.4) is 0 Å². The molecule has 3 rings (SSSR count). The van der Waals surface area contributed by atoms with E-state index in [1.807, 2.05) is 0 Å². The molecule has 2 aromatic heterocycles. The van der Waals surface area contributed by atoms with Gasteiger partial charge in [0.15, 0.2) is 11.5 Å². The smallest absolute Gasteiger partial charge is 0.278 e. The zero-order valence-electron chi connectivity index (χ0n) is 13.4. The van der Waals surface area contributed by atoms with E-state index in [9.17, 15) is 4.79 Å². The molecule has 128 valence electrons. The molecule has 8 heteroatoms. The average Bonchev–Trinajstić information content (AvgIpc) is 3.14. The van der Waals surface area contributed by atoms with Crippen molar-refractivity contribution < 1.29 is 18.8 Å². The van der Waals surface area contributed by atoms with Gasteiger partial charge in [0.1, 0.15) is 17.2 Å². The van der Waals surface area contributed by atoms with Gasteiger partial charge in [0, 0.05) is 36.2 Å². The second-order valence-corrected chi connectivity index (χ2v) is 5.37. The maximum absolute atomic E-state index is 12.4. The molecule has 7 nitrogen and oxygen atoms in total. The van der Waals surface area contributed by atoms with Gasteiger partial charge in [-0.2, -0.15) is 0 Å². The molecule has 0 aliphatic carbocycles. The van der Waals surface area contributed by atoms with Gasteiger partial charge in [-0.1, -0.05) is 16.8 Å². The number of methoxy groups -OCH3 is 2. The lowest BCUT2D eigenvalue weighted by Crippen LogP contribution is -2.13. The van der Waals surface area contributed by atoms with Gasteiger partial charge < -0.3 is 19.3 Å². The fraction of sp³-hybridized carbons (Fsp3) is 0.118. The van der Waals surface area contributed by atoms with Crippen molar-refractivity contribution >= 4 is 23.2 Å². The standard InChI is InChI=1S/C17H14ClN3O4/c1-23-11-6-12(18)16(15(7-11)24-2)20-17(22)13-8-14(25-21-13)10-4-3-5-19-9-10/h3-9H,1-2H3,(H,20,22). The van der Waals surface area contributed by atoms with E-state index in [0.717, 1.165) is 0 Å². The summed E-state index contributed by atoms with van der Waals surface area (Å²) in [6.07, 6.45) is 3.26. The lowest BCUT2D eigenvalue weighted by atomic mass is 10.2. The summed E-state index contributed by atoms with van der Waals surface area (Å²) in [7, 11) is 2.98. The van der Waals surface area contributed by atoms with Crippen LogP contribution < -0.4 is 14.8 Å². The summed E-state index contributed by atoms with van der Waals surface area (Å²) in [6, 6.07) is 8.28. The van der Waals surface area contributed by atoms with Crippen LogP contribution in [0, 0.1) is 0 Å². The highest BCUT2D eigenvalue weighted by Crippen LogP contribution is 2.37. The van der Waals surface area contributed by atoms with Crippen molar-refractivity contribution in [3.05, 3.63) is 53.4 Å². The Morgan fingerprint density at radius 3 is 2.76 bits per heavy atom. The number of nitrogens with one attached hydrogen (secondary N) is 1. The second kappa shape index (κ2) is 7.23. The number of anilines is 1. The number of benzene rings is 1. The number of halogens is 1. The number of rotatable bonds is 5. The summed E-state index contributed by atoms with van der Waals surface area (Å²) in [6.45, 7) is 0. The van der Waals surface area contributed by atoms with Crippen LogP contribution in [0.2, 0.25) is 5.02 Å². The molecule has 0 atom stereocenters. The molecule has 1 aromatic carbocycles. The van der Waals surface area contributed by atoms with E-state index in [1.54, 1.807) is 36.7 Å². The molecule has 0 aliphatic heterocycles. The molecule has 0 unspecified atom stereocenters. The number of hydrogen-bond donors (Lipinski definition) is 1. The number of carbonyl (C=O) groups excluding carboxylic acids is 1. The number of nitrogens with zero attached hydrogens (tertiary/aromatic N) is 2. The van der Waals surface area contributed by atoms with Gasteiger partial charge in [-0.25, -0.2) is 0 Å². The van der Waals surface area contributed by atoms with E-state index in [0.29, 0.717) is 28.5 Å². The van der Waals surface area contributed by atoms with E-state index >= 15 is 0 Å². The molecule has 3 aromatic rings. The van der Waals surface area contributed by atoms with E-state index in [1.165, 1.54) is 20.3 Å². The molecule has 1 N–H and O–H groups in total. The fourth-order valence-electron chi connectivity index (χ4n) is 2.16. The summed E-state index contributed by atoms with van der Waals surface area (Å²) < 4.78 is 15.6. The van der Waals surface area contributed by atoms with Crippen molar-refractivity contribution in [3.63, 3.8) is 0 Å². The van der Waals surface area contributed by atoms with Crippen LogP contribution in [0.25, 0.3) is 11.3 Å². The Labute approximate surface area is 148 Å². The first-order valence-electron chi connectivity index (χ1n) is 7.22. The number of aromatic nitrogens is 2. The largest absolute Gasteiger partial charge is 0.497 e. The Morgan fingerprint density at radius 1 is 1.24 bits per heavy atom. The van der Waals surface area contributed by atoms with Gasteiger partial charge in [-0.15, -0.1) is 0 Å². The van der Waals surface area contributed by atoms with Gasteiger partial charge in [0.25, 0.3) is 5.91 Å². The molecule has 0 bridgehead atoms. The van der Waals surface area contributed by atoms with E-state index in [2.05, 4.69) is 15.5 Å². The van der Waals surface area contributed by atoms with Gasteiger partial charge in [0.2, 0.25) is 0 Å². The minimum absolute atomic E-state index is 0.104. The van der Waals surface area contributed by atoms with Gasteiger partial charge in [-0.3, -0.25) is 9.78 Å². The zero-order chi connectivity index (χ0) is 17.8. The Bertz CT molecular complexity index is 896. The summed E-state index contributed by atoms with van der Waals surface area (Å²) in [5.41, 5.74) is 1.14. The fourth-order valence-corrected chi connectivity index (χ4v) is 2.41. The number of ether oxygens (including phenoxy) is 2. The second-order valence-electron chi connectivity index (χ2n) is 4.96. The van der Waals surface area contributed by atoms with Crippen molar-refractivity contribution in [1.29, 1.82) is 0 Å². The quantitative estimate of drug-likeness (QED) is 0.748. The van der Waals surface area contributed by atoms with Gasteiger partial charge in [0.05, 0.1) is 19.2 Å². The van der Waals surface area contributed by atoms with E-state index in [-0.39, 0.29) is 10.7 Å². The normalized spacial score (nSPS) is 10.4. The Balaban J connectivity index is 1.85. The molecule has 0 aliphatic rings. The molecule has 2 heterocycles. The van der Waals surface area contributed by atoms with Crippen LogP contribution in [0.4, 0.5) is 5.69 Å². The number of pyridine rings is 1. The summed E-state index contributed by atoms with van der Waals surface area (Å²) >= 11 is 6.20. The lowest BCUT2D eigenvalue weighted by molar-refractivity contribution is 0.101. The third-order valence-corrected chi connectivity index (χ3v) is 3.71. The molecule has 0 saturated carbocycles. The SMILES string of the molecule is COc1cc(Cl)c(NC(=O)c2cc(-c3cccnc3)on2)c(OC)c1. The first-order chi connectivity index (χ1) is 12.1. The zero-order valence-corrected chi connectivity index (χ0v) is 14.2. The predicted molar refractivity (Wildman–Crippen MR) is 92.2 cm³/mol. The average molecular weight is 360 g/mol. The number of carbonyl (C=O) groups is 1. The third kappa shape index (κ3) is 3.56. The van der Waals surface area contributed by atoms with Gasteiger partial charge in [-0.05, 0) is 12.1 Å². The summed E-state index contributed by atoms with van der Waals surface area (Å²) in [5, 5.41) is 6.73. The molecule has 0 spiro atoms. The maximum atomic E-state index is 12.4. The van der Waals surface area contributed by atoms with Crippen molar-refractivity contribution in [2.45, 2.75) is 0 Å². The Hall–Kier alpha value is -3.06. The van der Waals surface area contributed by atoms with E-state index in [4.69, 9.17) is 25.6 Å². The maximum Gasteiger partial charge on any atom is 0.278 e. The Morgan fingerprint density at radius 2 is 2.08 bits per heavy atom. The van der Waals surface area contributed by atoms with Crippen molar-refractivity contribution in [1.82, 2.24) is 10.1 Å². The molecule has 25 heavy (non-hydrogen) atoms. The topological polar surface area (TPSA) is 86.5 Å². The number of amides is 1. The summed E-state index contributed by atoms with van der Waals surface area (Å²) in [5.74, 6) is 0.837. The molecule has 0 radical (unpaired) electrons. The summed E-state index contributed by atoms with van der Waals surface area (Å²) in [4.78, 5) is 16.4. The molecular formula is C17H14ClN3O4.